The molecule has 1 N–H and O–H groups in total. The monoisotopic (exact) mass is 509 g/mol. The molecule has 1 aromatic carbocycles. The minimum Gasteiger partial charge on any atom is -0.489 e. The summed E-state index contributed by atoms with van der Waals surface area (Å²) in [5.74, 6) is 0.591. The first kappa shape index (κ1) is 24.9. The van der Waals surface area contributed by atoms with E-state index < -0.39 is 6.04 Å². The van der Waals surface area contributed by atoms with Gasteiger partial charge in [0, 0.05) is 47.8 Å². The van der Waals surface area contributed by atoms with E-state index in [0.29, 0.717) is 31.0 Å². The van der Waals surface area contributed by atoms with Crippen molar-refractivity contribution in [3.8, 4) is 5.75 Å². The Labute approximate surface area is 219 Å². The van der Waals surface area contributed by atoms with Crippen LogP contribution in [0.5, 0.6) is 5.75 Å². The van der Waals surface area contributed by atoms with Gasteiger partial charge in [0.1, 0.15) is 17.9 Å². The van der Waals surface area contributed by atoms with E-state index in [-0.39, 0.29) is 28.7 Å². The van der Waals surface area contributed by atoms with Crippen molar-refractivity contribution in [1.82, 2.24) is 15.1 Å². The molecule has 37 heavy (non-hydrogen) atoms. The Morgan fingerprint density at radius 2 is 1.78 bits per heavy atom. The number of nitrogens with zero attached hydrogens (tertiary/aromatic N) is 2. The molecule has 3 unspecified atom stereocenters. The average Bonchev–Trinajstić information content (AvgIpc) is 3.41. The maximum atomic E-state index is 13.1. The van der Waals surface area contributed by atoms with Gasteiger partial charge in [0.15, 0.2) is 0 Å². The minimum atomic E-state index is -0.448. The van der Waals surface area contributed by atoms with Crippen LogP contribution in [-0.4, -0.2) is 79.3 Å². The molecule has 8 heteroatoms. The zero-order valence-corrected chi connectivity index (χ0v) is 22.1. The second kappa shape index (κ2) is 9.40. The normalized spacial score (nSPS) is 30.1. The molecule has 8 nitrogen and oxygen atoms in total. The highest BCUT2D eigenvalue weighted by Crippen LogP contribution is 2.38. The summed E-state index contributed by atoms with van der Waals surface area (Å²) in [5.41, 5.74) is 2.72. The second-order valence-electron chi connectivity index (χ2n) is 12.6. The Hall–Kier alpha value is -2.42. The molecule has 0 aromatic heterocycles. The molecular formula is C29H39N3O5. The quantitative estimate of drug-likeness (QED) is 0.580. The molecule has 4 heterocycles. The van der Waals surface area contributed by atoms with Crippen molar-refractivity contribution in [2.24, 2.45) is 10.8 Å². The van der Waals surface area contributed by atoms with Crippen LogP contribution in [0, 0.1) is 10.8 Å². The van der Waals surface area contributed by atoms with E-state index in [1.165, 1.54) is 0 Å². The Morgan fingerprint density at radius 3 is 2.41 bits per heavy atom. The van der Waals surface area contributed by atoms with Crippen molar-refractivity contribution in [3.63, 3.8) is 0 Å². The number of rotatable bonds is 8. The van der Waals surface area contributed by atoms with Crippen LogP contribution in [0.25, 0.3) is 0 Å². The summed E-state index contributed by atoms with van der Waals surface area (Å²) in [4.78, 5) is 30.0. The lowest BCUT2D eigenvalue weighted by atomic mass is 9.83. The van der Waals surface area contributed by atoms with Gasteiger partial charge < -0.3 is 24.4 Å². The van der Waals surface area contributed by atoms with Gasteiger partial charge in [-0.2, -0.15) is 0 Å². The smallest absolute Gasteiger partial charge is 0.255 e. The van der Waals surface area contributed by atoms with Gasteiger partial charge in [0.2, 0.25) is 5.91 Å². The number of nitrogens with one attached hydrogen (secondary N) is 1. The Morgan fingerprint density at radius 1 is 1.08 bits per heavy atom. The van der Waals surface area contributed by atoms with Gasteiger partial charge in [-0.05, 0) is 55.9 Å². The lowest BCUT2D eigenvalue weighted by molar-refractivity contribution is -0.151. The van der Waals surface area contributed by atoms with Crippen molar-refractivity contribution < 1.29 is 23.8 Å². The second-order valence-corrected chi connectivity index (χ2v) is 12.6. The maximum Gasteiger partial charge on any atom is 0.255 e. The van der Waals surface area contributed by atoms with Gasteiger partial charge in [-0.3, -0.25) is 14.5 Å². The molecule has 4 aliphatic heterocycles. The van der Waals surface area contributed by atoms with Crippen LogP contribution in [-0.2, 0) is 20.8 Å². The van der Waals surface area contributed by atoms with Crippen LogP contribution in [0.3, 0.4) is 0 Å². The Bertz CT molecular complexity index is 1070. The summed E-state index contributed by atoms with van der Waals surface area (Å²) in [6, 6.07) is 5.70. The van der Waals surface area contributed by atoms with Crippen LogP contribution in [0.1, 0.15) is 61.9 Å². The van der Waals surface area contributed by atoms with Gasteiger partial charge in [-0.1, -0.05) is 20.4 Å². The number of carbonyl (C=O) groups excluding carboxylic acids is 2. The molecule has 3 atom stereocenters. The summed E-state index contributed by atoms with van der Waals surface area (Å²) >= 11 is 0. The minimum absolute atomic E-state index is 0.0777. The first-order valence-electron chi connectivity index (χ1n) is 13.7. The molecular weight excluding hydrogens is 470 g/mol. The molecule has 0 spiro atoms. The number of hydrogen-bond donors (Lipinski definition) is 1. The number of carbonyl (C=O) groups is 2. The SMILES string of the molecule is C=C1CCC(N2Cc3cc(OC4CCCC4N(CC4(C)COC4)CC4(C)COC4)ccc3C2=O)C(=O)N1. The fraction of sp³-hybridized carbons (Fsp3) is 0.655. The van der Waals surface area contributed by atoms with Gasteiger partial charge in [0.25, 0.3) is 5.91 Å². The van der Waals surface area contributed by atoms with Crippen LogP contribution in [0.15, 0.2) is 30.5 Å². The van der Waals surface area contributed by atoms with Crippen LogP contribution in [0.4, 0.5) is 0 Å². The van der Waals surface area contributed by atoms with E-state index in [9.17, 15) is 9.59 Å². The molecule has 3 saturated heterocycles. The van der Waals surface area contributed by atoms with Gasteiger partial charge in [-0.15, -0.1) is 0 Å². The van der Waals surface area contributed by atoms with E-state index in [1.807, 2.05) is 18.2 Å². The number of hydrogen-bond acceptors (Lipinski definition) is 6. The molecule has 0 radical (unpaired) electrons. The van der Waals surface area contributed by atoms with Crippen molar-refractivity contribution in [1.29, 1.82) is 0 Å². The standard InChI is InChI=1S/C29H39N3O5/c1-19-7-10-24(26(33)30-19)32-12-20-11-21(8-9-22(20)27(32)34)37-25-6-4-5-23(25)31(13-28(2)15-35-16-28)14-29(3)17-36-18-29/h8-9,11,23-25H,1,4-7,10,12-18H2,2-3H3,(H,30,33). The lowest BCUT2D eigenvalue weighted by Crippen LogP contribution is -2.58. The van der Waals surface area contributed by atoms with E-state index in [4.69, 9.17) is 14.2 Å². The van der Waals surface area contributed by atoms with Crippen LogP contribution in [0.2, 0.25) is 0 Å². The predicted octanol–water partition coefficient (Wildman–Crippen LogP) is 3.11. The van der Waals surface area contributed by atoms with Crippen molar-refractivity contribution >= 4 is 11.8 Å². The number of ether oxygens (including phenoxy) is 3. The van der Waals surface area contributed by atoms with Crippen LogP contribution >= 0.6 is 0 Å². The molecule has 1 aliphatic carbocycles. The van der Waals surface area contributed by atoms with E-state index in [1.54, 1.807) is 4.90 Å². The first-order chi connectivity index (χ1) is 17.7. The predicted molar refractivity (Wildman–Crippen MR) is 138 cm³/mol. The molecule has 1 aromatic rings. The molecule has 5 aliphatic rings. The summed E-state index contributed by atoms with van der Waals surface area (Å²) in [6.45, 7) is 14.2. The fourth-order valence-corrected chi connectivity index (χ4v) is 6.70. The summed E-state index contributed by atoms with van der Waals surface area (Å²) in [7, 11) is 0. The average molecular weight is 510 g/mol. The molecule has 2 amide bonds. The molecule has 4 fully saturated rings. The number of piperidine rings is 1. The summed E-state index contributed by atoms with van der Waals surface area (Å²) in [6.07, 6.45) is 4.71. The number of benzene rings is 1. The first-order valence-corrected chi connectivity index (χ1v) is 13.7. The highest BCUT2D eigenvalue weighted by Gasteiger charge is 2.45. The largest absolute Gasteiger partial charge is 0.489 e. The molecule has 0 bridgehead atoms. The van der Waals surface area contributed by atoms with E-state index in [0.717, 1.165) is 75.8 Å². The zero-order chi connectivity index (χ0) is 25.8. The maximum absolute atomic E-state index is 13.1. The van der Waals surface area contributed by atoms with Gasteiger partial charge in [-0.25, -0.2) is 0 Å². The fourth-order valence-electron chi connectivity index (χ4n) is 6.70. The zero-order valence-electron chi connectivity index (χ0n) is 22.1. The third kappa shape index (κ3) is 4.79. The Balaban J connectivity index is 1.16. The van der Waals surface area contributed by atoms with Crippen LogP contribution < -0.4 is 10.1 Å². The summed E-state index contributed by atoms with van der Waals surface area (Å²) in [5, 5.41) is 2.81. The van der Waals surface area contributed by atoms with Gasteiger partial charge in [0.05, 0.1) is 26.4 Å². The van der Waals surface area contributed by atoms with E-state index >= 15 is 0 Å². The molecule has 200 valence electrons. The van der Waals surface area contributed by atoms with Crippen molar-refractivity contribution in [3.05, 3.63) is 41.6 Å². The molecule has 6 rings (SSSR count). The number of amides is 2. The highest BCUT2D eigenvalue weighted by molar-refractivity contribution is 6.01. The van der Waals surface area contributed by atoms with Gasteiger partial charge >= 0.3 is 0 Å². The lowest BCUT2D eigenvalue weighted by Gasteiger charge is -2.49. The molecule has 1 saturated carbocycles. The Kier molecular flexibility index (Phi) is 6.32. The van der Waals surface area contributed by atoms with E-state index in [2.05, 4.69) is 30.6 Å². The topological polar surface area (TPSA) is 80.3 Å². The number of fused-ring (bicyclic) bond motifs is 1. The third-order valence-corrected chi connectivity index (χ3v) is 8.75. The van der Waals surface area contributed by atoms with Crippen molar-refractivity contribution in [2.45, 2.75) is 70.7 Å². The highest BCUT2D eigenvalue weighted by atomic mass is 16.5. The third-order valence-electron chi connectivity index (χ3n) is 8.75. The van der Waals surface area contributed by atoms with Crippen molar-refractivity contribution in [2.75, 3.05) is 39.5 Å². The summed E-state index contributed by atoms with van der Waals surface area (Å²) < 4.78 is 17.8. The number of allylic oxidation sites excluding steroid dienone is 1.